The van der Waals surface area contributed by atoms with Gasteiger partial charge in [0, 0.05) is 40.7 Å². The molecular weight excluding hydrogens is 500 g/mol. The standard InChI is InChI=1S/C27H20ClF2N5O2/c28-18-3-1-16(2-4-18)27-31-8-7-21(34-27)23(11-15-9-19(29)13-20(30)10-15)33-25(37)12-17-14-32-22-5-6-24(36)35-26(17)22/h1-10,13-14,23,32H,11-12H2,(H,33,37)(H,35,36)/t23-/m0/s1. The molecule has 0 unspecified atom stereocenters. The topological polar surface area (TPSA) is 104 Å². The molecule has 3 aromatic heterocycles. The molecule has 0 spiro atoms. The number of halogens is 3. The second kappa shape index (κ2) is 10.3. The van der Waals surface area contributed by atoms with Crippen molar-refractivity contribution in [1.29, 1.82) is 0 Å². The van der Waals surface area contributed by atoms with Crippen molar-refractivity contribution in [3.8, 4) is 11.4 Å². The number of fused-ring (bicyclic) bond motifs is 1. The van der Waals surface area contributed by atoms with Crippen molar-refractivity contribution < 1.29 is 13.6 Å². The van der Waals surface area contributed by atoms with Crippen LogP contribution < -0.4 is 10.9 Å². The van der Waals surface area contributed by atoms with Gasteiger partial charge in [-0.05, 0) is 60.5 Å². The van der Waals surface area contributed by atoms with E-state index in [9.17, 15) is 18.4 Å². The van der Waals surface area contributed by atoms with Crippen LogP contribution in [0.4, 0.5) is 8.78 Å². The first-order valence-corrected chi connectivity index (χ1v) is 11.7. The molecule has 5 aromatic rings. The molecule has 5 rings (SSSR count). The maximum atomic E-state index is 13.9. The van der Waals surface area contributed by atoms with E-state index in [2.05, 4.69) is 25.3 Å². The first-order chi connectivity index (χ1) is 17.8. The number of H-pyrrole nitrogens is 2. The predicted molar refractivity (Wildman–Crippen MR) is 136 cm³/mol. The number of aromatic nitrogens is 4. The highest BCUT2D eigenvalue weighted by Crippen LogP contribution is 2.23. The summed E-state index contributed by atoms with van der Waals surface area (Å²) in [5, 5.41) is 3.49. The van der Waals surface area contributed by atoms with Crippen molar-refractivity contribution in [3.05, 3.63) is 117 Å². The second-order valence-electron chi connectivity index (χ2n) is 8.52. The van der Waals surface area contributed by atoms with Crippen LogP contribution in [0.1, 0.15) is 22.9 Å². The molecule has 37 heavy (non-hydrogen) atoms. The molecule has 0 saturated heterocycles. The lowest BCUT2D eigenvalue weighted by atomic mass is 10.0. The third-order valence-electron chi connectivity index (χ3n) is 5.83. The van der Waals surface area contributed by atoms with E-state index in [1.807, 2.05) is 0 Å². The molecule has 0 aliphatic heterocycles. The van der Waals surface area contributed by atoms with Gasteiger partial charge in [-0.2, -0.15) is 0 Å². The van der Waals surface area contributed by atoms with E-state index in [0.29, 0.717) is 38.7 Å². The van der Waals surface area contributed by atoms with E-state index in [1.165, 1.54) is 18.2 Å². The smallest absolute Gasteiger partial charge is 0.248 e. The number of nitrogens with zero attached hydrogens (tertiary/aromatic N) is 2. The van der Waals surface area contributed by atoms with Crippen molar-refractivity contribution in [1.82, 2.24) is 25.3 Å². The fourth-order valence-electron chi connectivity index (χ4n) is 4.14. The minimum absolute atomic E-state index is 0.0386. The first-order valence-electron chi connectivity index (χ1n) is 11.4. The molecular formula is C27H20ClF2N5O2. The zero-order valence-corrected chi connectivity index (χ0v) is 20.0. The van der Waals surface area contributed by atoms with Gasteiger partial charge in [0.25, 0.3) is 0 Å². The Hall–Kier alpha value is -4.37. The summed E-state index contributed by atoms with van der Waals surface area (Å²) >= 11 is 5.99. The van der Waals surface area contributed by atoms with Gasteiger partial charge in [0.2, 0.25) is 11.5 Å². The van der Waals surface area contributed by atoms with Gasteiger partial charge in [-0.3, -0.25) is 9.59 Å². The Kier molecular flexibility index (Phi) is 6.78. The summed E-state index contributed by atoms with van der Waals surface area (Å²) in [6.07, 6.45) is 3.26. The lowest BCUT2D eigenvalue weighted by Crippen LogP contribution is -2.32. The first kappa shape index (κ1) is 24.3. The SMILES string of the molecule is O=C(Cc1c[nH]c2ccc(=O)[nH]c12)N[C@@H](Cc1cc(F)cc(F)c1)c1ccnc(-c2ccc(Cl)cc2)n1. The van der Waals surface area contributed by atoms with Crippen LogP contribution in [0.15, 0.2) is 77.9 Å². The summed E-state index contributed by atoms with van der Waals surface area (Å²) in [4.78, 5) is 39.6. The lowest BCUT2D eigenvalue weighted by Gasteiger charge is -2.19. The van der Waals surface area contributed by atoms with Gasteiger partial charge < -0.3 is 15.3 Å². The summed E-state index contributed by atoms with van der Waals surface area (Å²) < 4.78 is 27.8. The van der Waals surface area contributed by atoms with Crippen molar-refractivity contribution in [2.24, 2.45) is 0 Å². The van der Waals surface area contributed by atoms with Crippen LogP contribution in [-0.4, -0.2) is 25.8 Å². The van der Waals surface area contributed by atoms with Crippen LogP contribution >= 0.6 is 11.6 Å². The van der Waals surface area contributed by atoms with Gasteiger partial charge >= 0.3 is 0 Å². The summed E-state index contributed by atoms with van der Waals surface area (Å²) in [5.41, 5.74) is 3.09. The van der Waals surface area contributed by atoms with Gasteiger partial charge in [0.15, 0.2) is 5.82 Å². The van der Waals surface area contributed by atoms with Crippen LogP contribution in [0.2, 0.25) is 5.02 Å². The largest absolute Gasteiger partial charge is 0.360 e. The van der Waals surface area contributed by atoms with Crippen molar-refractivity contribution in [2.45, 2.75) is 18.9 Å². The maximum absolute atomic E-state index is 13.9. The third kappa shape index (κ3) is 5.73. The van der Waals surface area contributed by atoms with Crippen molar-refractivity contribution >= 4 is 28.5 Å². The van der Waals surface area contributed by atoms with Crippen molar-refractivity contribution in [3.63, 3.8) is 0 Å². The van der Waals surface area contributed by atoms with Crippen molar-refractivity contribution in [2.75, 3.05) is 0 Å². The number of nitrogens with one attached hydrogen (secondary N) is 3. The highest BCUT2D eigenvalue weighted by Gasteiger charge is 2.20. The monoisotopic (exact) mass is 519 g/mol. The van der Waals surface area contributed by atoms with Crippen LogP contribution in [0, 0.1) is 11.6 Å². The van der Waals surface area contributed by atoms with E-state index < -0.39 is 17.7 Å². The number of amides is 1. The van der Waals surface area contributed by atoms with E-state index in [1.54, 1.807) is 48.8 Å². The van der Waals surface area contributed by atoms with E-state index in [0.717, 1.165) is 11.6 Å². The highest BCUT2D eigenvalue weighted by atomic mass is 35.5. The molecule has 0 bridgehead atoms. The molecule has 0 aliphatic rings. The quantitative estimate of drug-likeness (QED) is 0.285. The van der Waals surface area contributed by atoms with Crippen LogP contribution in [0.5, 0.6) is 0 Å². The molecule has 2 aromatic carbocycles. The second-order valence-corrected chi connectivity index (χ2v) is 8.95. The number of benzene rings is 2. The summed E-state index contributed by atoms with van der Waals surface area (Å²) in [7, 11) is 0. The number of pyridine rings is 1. The Labute approximate surface area is 214 Å². The molecule has 3 N–H and O–H groups in total. The molecule has 0 aliphatic carbocycles. The molecule has 0 fully saturated rings. The third-order valence-corrected chi connectivity index (χ3v) is 6.08. The number of hydrogen-bond donors (Lipinski definition) is 3. The summed E-state index contributed by atoms with van der Waals surface area (Å²) in [6, 6.07) is 14.2. The fourth-order valence-corrected chi connectivity index (χ4v) is 4.27. The molecule has 0 radical (unpaired) electrons. The van der Waals surface area contributed by atoms with Crippen LogP contribution in [0.3, 0.4) is 0 Å². The minimum Gasteiger partial charge on any atom is -0.360 e. The number of carbonyl (C=O) groups is 1. The number of hydrogen-bond acceptors (Lipinski definition) is 4. The van der Waals surface area contributed by atoms with Crippen LogP contribution in [-0.2, 0) is 17.6 Å². The Bertz CT molecular complexity index is 1630. The minimum atomic E-state index is -0.716. The average molecular weight is 520 g/mol. The highest BCUT2D eigenvalue weighted by molar-refractivity contribution is 6.30. The molecule has 0 saturated carbocycles. The summed E-state index contributed by atoms with van der Waals surface area (Å²) in [5.74, 6) is -1.38. The Morgan fingerprint density at radius 2 is 1.78 bits per heavy atom. The zero-order chi connectivity index (χ0) is 25.9. The van der Waals surface area contributed by atoms with Crippen LogP contribution in [0.25, 0.3) is 22.4 Å². The Morgan fingerprint density at radius 1 is 1.03 bits per heavy atom. The van der Waals surface area contributed by atoms with Gasteiger partial charge in [-0.25, -0.2) is 18.7 Å². The Morgan fingerprint density at radius 3 is 2.54 bits per heavy atom. The molecule has 7 nitrogen and oxygen atoms in total. The lowest BCUT2D eigenvalue weighted by molar-refractivity contribution is -0.121. The number of carbonyl (C=O) groups excluding carboxylic acids is 1. The van der Waals surface area contributed by atoms with Gasteiger partial charge in [0.1, 0.15) is 11.6 Å². The average Bonchev–Trinajstić information content (AvgIpc) is 3.25. The van der Waals surface area contributed by atoms with E-state index >= 15 is 0 Å². The Balaban J connectivity index is 1.45. The molecule has 1 atom stereocenters. The molecule has 1 amide bonds. The van der Waals surface area contributed by atoms with E-state index in [4.69, 9.17) is 11.6 Å². The fraction of sp³-hybridized carbons (Fsp3) is 0.111. The normalized spacial score (nSPS) is 12.0. The molecule has 10 heteroatoms. The molecule has 3 heterocycles. The maximum Gasteiger partial charge on any atom is 0.248 e. The van der Waals surface area contributed by atoms with Gasteiger partial charge in [0.05, 0.1) is 29.2 Å². The van der Waals surface area contributed by atoms with Gasteiger partial charge in [-0.15, -0.1) is 0 Å². The molecule has 186 valence electrons. The van der Waals surface area contributed by atoms with Gasteiger partial charge in [-0.1, -0.05) is 11.6 Å². The number of aromatic amines is 2. The van der Waals surface area contributed by atoms with E-state index in [-0.39, 0.29) is 24.3 Å². The number of rotatable bonds is 7. The summed E-state index contributed by atoms with van der Waals surface area (Å²) in [6.45, 7) is 0. The predicted octanol–water partition coefficient (Wildman–Crippen LogP) is 4.89. The zero-order valence-electron chi connectivity index (χ0n) is 19.3.